The van der Waals surface area contributed by atoms with Gasteiger partial charge in [-0.1, -0.05) is 40.9 Å². The molecule has 0 spiro atoms. The number of nitrogens with one attached hydrogen (secondary N) is 2. The third-order valence-corrected chi connectivity index (χ3v) is 6.49. The molecule has 2 amide bonds. The Balaban J connectivity index is 1.38. The lowest BCUT2D eigenvalue weighted by atomic mass is 10.1. The van der Waals surface area contributed by atoms with E-state index in [0.717, 1.165) is 5.56 Å². The molecule has 3 aromatic rings. The van der Waals surface area contributed by atoms with Crippen LogP contribution >= 0.6 is 34.8 Å². The predicted molar refractivity (Wildman–Crippen MR) is 137 cm³/mol. The number of ether oxygens (including phenoxy) is 2. The van der Waals surface area contributed by atoms with E-state index in [1.54, 1.807) is 66.6 Å². The average molecular weight is 535 g/mol. The molecule has 1 heterocycles. The highest BCUT2D eigenvalue weighted by Crippen LogP contribution is 2.30. The molecule has 2 N–H and O–H groups in total. The topological polar surface area (TPSA) is 79.9 Å². The van der Waals surface area contributed by atoms with Crippen molar-refractivity contribution in [3.05, 3.63) is 81.3 Å². The minimum atomic E-state index is -0.517. The fraction of sp³-hybridized carbons (Fsp3) is 0.200. The molecular weight excluding hydrogens is 513 g/mol. The summed E-state index contributed by atoms with van der Waals surface area (Å²) in [6, 6.07) is 17.4. The van der Waals surface area contributed by atoms with Crippen molar-refractivity contribution in [1.82, 2.24) is 5.43 Å². The molecule has 0 radical (unpaired) electrons. The maximum atomic E-state index is 12.8. The van der Waals surface area contributed by atoms with Crippen molar-refractivity contribution in [2.45, 2.75) is 13.0 Å². The molecule has 0 aromatic heterocycles. The summed E-state index contributed by atoms with van der Waals surface area (Å²) >= 11 is 18.2. The van der Waals surface area contributed by atoms with Crippen LogP contribution in [0.3, 0.4) is 0 Å². The van der Waals surface area contributed by atoms with Crippen molar-refractivity contribution in [3.63, 3.8) is 0 Å². The number of methoxy groups -OCH3 is 1. The van der Waals surface area contributed by atoms with E-state index < -0.39 is 5.92 Å². The van der Waals surface area contributed by atoms with Crippen LogP contribution in [0.1, 0.15) is 12.0 Å². The Morgan fingerprint density at radius 2 is 1.80 bits per heavy atom. The lowest BCUT2D eigenvalue weighted by molar-refractivity contribution is -0.125. The van der Waals surface area contributed by atoms with Crippen molar-refractivity contribution in [2.24, 2.45) is 5.92 Å². The zero-order chi connectivity index (χ0) is 24.9. The first-order chi connectivity index (χ1) is 16.8. The van der Waals surface area contributed by atoms with Gasteiger partial charge in [-0.05, 0) is 60.2 Å². The number of benzene rings is 3. The Bertz CT molecular complexity index is 1240. The van der Waals surface area contributed by atoms with Crippen molar-refractivity contribution < 1.29 is 19.1 Å². The Hall–Kier alpha value is -3.13. The second-order valence-electron chi connectivity index (χ2n) is 7.90. The SMILES string of the molecule is COc1ccc(N2C[C@H](C(=O)NNc3cc(Cl)ccc3OCc3ccc(Cl)c(Cl)c3)CC2=O)cc1. The maximum absolute atomic E-state index is 12.8. The van der Waals surface area contributed by atoms with E-state index in [0.29, 0.717) is 37.9 Å². The first kappa shape index (κ1) is 25.0. The van der Waals surface area contributed by atoms with Crippen LogP contribution in [0.25, 0.3) is 0 Å². The minimum absolute atomic E-state index is 0.107. The Morgan fingerprint density at radius 3 is 2.51 bits per heavy atom. The lowest BCUT2D eigenvalue weighted by Gasteiger charge is -2.18. The number of hydrogen-bond donors (Lipinski definition) is 2. The summed E-state index contributed by atoms with van der Waals surface area (Å²) in [5, 5.41) is 1.36. The van der Waals surface area contributed by atoms with Gasteiger partial charge >= 0.3 is 0 Å². The van der Waals surface area contributed by atoms with Crippen molar-refractivity contribution in [3.8, 4) is 11.5 Å². The van der Waals surface area contributed by atoms with Crippen molar-refractivity contribution in [1.29, 1.82) is 0 Å². The van der Waals surface area contributed by atoms with E-state index in [2.05, 4.69) is 10.9 Å². The number of anilines is 2. The number of nitrogens with zero attached hydrogens (tertiary/aromatic N) is 1. The van der Waals surface area contributed by atoms with Crippen LogP contribution in [0.5, 0.6) is 11.5 Å². The summed E-state index contributed by atoms with van der Waals surface area (Å²) in [5.41, 5.74) is 7.55. The zero-order valence-electron chi connectivity index (χ0n) is 18.7. The fourth-order valence-corrected chi connectivity index (χ4v) is 4.13. The monoisotopic (exact) mass is 533 g/mol. The normalized spacial score (nSPS) is 15.1. The van der Waals surface area contributed by atoms with Gasteiger partial charge in [-0.2, -0.15) is 0 Å². The highest BCUT2D eigenvalue weighted by molar-refractivity contribution is 6.42. The third kappa shape index (κ3) is 6.11. The number of hydrogen-bond acceptors (Lipinski definition) is 5. The molecule has 3 aromatic carbocycles. The molecule has 1 aliphatic heterocycles. The Kier molecular flexibility index (Phi) is 7.90. The van der Waals surface area contributed by atoms with Crippen molar-refractivity contribution in [2.75, 3.05) is 24.0 Å². The summed E-state index contributed by atoms with van der Waals surface area (Å²) in [6.45, 7) is 0.504. The summed E-state index contributed by atoms with van der Waals surface area (Å²) in [5.74, 6) is 0.214. The van der Waals surface area contributed by atoms with E-state index in [-0.39, 0.29) is 31.4 Å². The number of hydrazine groups is 1. The summed E-state index contributed by atoms with van der Waals surface area (Å²) in [4.78, 5) is 26.9. The van der Waals surface area contributed by atoms with E-state index >= 15 is 0 Å². The van der Waals surface area contributed by atoms with Crippen LogP contribution in [0.15, 0.2) is 60.7 Å². The molecule has 7 nitrogen and oxygen atoms in total. The first-order valence-electron chi connectivity index (χ1n) is 10.7. The van der Waals surface area contributed by atoms with Gasteiger partial charge in [0.1, 0.15) is 18.1 Å². The molecule has 182 valence electrons. The van der Waals surface area contributed by atoms with Gasteiger partial charge in [0.25, 0.3) is 0 Å². The van der Waals surface area contributed by atoms with Gasteiger partial charge in [-0.3, -0.25) is 20.4 Å². The molecule has 4 rings (SSSR count). The maximum Gasteiger partial charge on any atom is 0.243 e. The van der Waals surface area contributed by atoms with Gasteiger partial charge in [0.05, 0.1) is 28.8 Å². The highest BCUT2D eigenvalue weighted by atomic mass is 35.5. The quantitative estimate of drug-likeness (QED) is 0.361. The molecule has 0 saturated carbocycles. The first-order valence-corrected chi connectivity index (χ1v) is 11.8. The molecule has 1 fully saturated rings. The molecule has 35 heavy (non-hydrogen) atoms. The third-order valence-electron chi connectivity index (χ3n) is 5.52. The van der Waals surface area contributed by atoms with Gasteiger partial charge in [0, 0.05) is 23.7 Å². The minimum Gasteiger partial charge on any atom is -0.497 e. The Labute approximate surface area is 217 Å². The van der Waals surface area contributed by atoms with E-state index in [1.807, 2.05) is 6.07 Å². The lowest BCUT2D eigenvalue weighted by Crippen LogP contribution is -2.36. The fourth-order valence-electron chi connectivity index (χ4n) is 3.64. The molecule has 0 bridgehead atoms. The van der Waals surface area contributed by atoms with Gasteiger partial charge in [0.15, 0.2) is 0 Å². The van der Waals surface area contributed by atoms with Crippen molar-refractivity contribution >= 4 is 58.0 Å². The smallest absolute Gasteiger partial charge is 0.243 e. The van der Waals surface area contributed by atoms with E-state index in [9.17, 15) is 9.59 Å². The standard InChI is InChI=1S/C25H22Cl3N3O4/c1-34-19-6-4-18(5-7-19)31-13-16(11-24(31)32)25(33)30-29-22-12-17(26)3-9-23(22)35-14-15-2-8-20(27)21(28)10-15/h2-10,12,16,29H,11,13-14H2,1H3,(H,30,33)/t16-/m1/s1. The molecular formula is C25H22Cl3N3O4. The molecule has 1 atom stereocenters. The molecule has 0 unspecified atom stereocenters. The zero-order valence-corrected chi connectivity index (χ0v) is 21.0. The number of carbonyl (C=O) groups excluding carboxylic acids is 2. The predicted octanol–water partition coefficient (Wildman–Crippen LogP) is 5.73. The molecule has 1 aliphatic rings. The van der Waals surface area contributed by atoms with Crippen LogP contribution in [-0.2, 0) is 16.2 Å². The number of rotatable bonds is 8. The summed E-state index contributed by atoms with van der Waals surface area (Å²) in [6.07, 6.45) is 0.107. The number of amides is 2. The summed E-state index contributed by atoms with van der Waals surface area (Å²) < 4.78 is 11.1. The second kappa shape index (κ2) is 11.1. The van der Waals surface area contributed by atoms with E-state index in [1.165, 1.54) is 0 Å². The average Bonchev–Trinajstić information content (AvgIpc) is 3.25. The Morgan fingerprint density at radius 1 is 1.03 bits per heavy atom. The largest absolute Gasteiger partial charge is 0.497 e. The van der Waals surface area contributed by atoms with Gasteiger partial charge in [-0.25, -0.2) is 0 Å². The van der Waals surface area contributed by atoms with Gasteiger partial charge < -0.3 is 14.4 Å². The number of halogens is 3. The van der Waals surface area contributed by atoms with Gasteiger partial charge in [0.2, 0.25) is 11.8 Å². The second-order valence-corrected chi connectivity index (χ2v) is 9.15. The molecule has 1 saturated heterocycles. The molecule has 10 heteroatoms. The highest BCUT2D eigenvalue weighted by Gasteiger charge is 2.35. The van der Waals surface area contributed by atoms with E-state index in [4.69, 9.17) is 44.3 Å². The van der Waals surface area contributed by atoms with Crippen LogP contribution in [0, 0.1) is 5.92 Å². The van der Waals surface area contributed by atoms with Crippen LogP contribution in [0.4, 0.5) is 11.4 Å². The van der Waals surface area contributed by atoms with Crippen LogP contribution in [-0.4, -0.2) is 25.5 Å². The van der Waals surface area contributed by atoms with Crippen LogP contribution in [0.2, 0.25) is 15.1 Å². The van der Waals surface area contributed by atoms with Crippen LogP contribution < -0.4 is 25.2 Å². The number of carbonyl (C=O) groups is 2. The molecule has 0 aliphatic carbocycles. The van der Waals surface area contributed by atoms with Gasteiger partial charge in [-0.15, -0.1) is 0 Å². The summed E-state index contributed by atoms with van der Waals surface area (Å²) in [7, 11) is 1.58.